The van der Waals surface area contributed by atoms with Gasteiger partial charge in [-0.25, -0.2) is 4.79 Å². The Morgan fingerprint density at radius 1 is 1.24 bits per heavy atom. The van der Waals surface area contributed by atoms with E-state index in [9.17, 15) is 18.0 Å². The Morgan fingerprint density at radius 3 is 2.57 bits per heavy atom. The first-order valence-corrected chi connectivity index (χ1v) is 6.23. The second kappa shape index (κ2) is 5.95. The number of pyridine rings is 1. The zero-order valence-corrected chi connectivity index (χ0v) is 11.1. The topological polar surface area (TPSA) is 39.2 Å². The third kappa shape index (κ3) is 3.21. The van der Waals surface area contributed by atoms with E-state index in [-0.39, 0.29) is 12.2 Å². The lowest BCUT2D eigenvalue weighted by Gasteiger charge is -2.15. The Bertz CT molecular complexity index is 639. The highest BCUT2D eigenvalue weighted by Crippen LogP contribution is 2.36. The van der Waals surface area contributed by atoms with Crippen molar-refractivity contribution in [2.24, 2.45) is 0 Å². The highest BCUT2D eigenvalue weighted by molar-refractivity contribution is 5.99. The maximum Gasteiger partial charge on any atom is 0.417 e. The van der Waals surface area contributed by atoms with Crippen molar-refractivity contribution >= 4 is 5.97 Å². The normalized spacial score (nSPS) is 11.2. The fourth-order valence-electron chi connectivity index (χ4n) is 1.97. The first-order valence-electron chi connectivity index (χ1n) is 6.23. The molecule has 0 saturated carbocycles. The minimum Gasteiger partial charge on any atom is -0.462 e. The van der Waals surface area contributed by atoms with Crippen LogP contribution in [0, 0.1) is 0 Å². The number of hydrogen-bond donors (Lipinski definition) is 0. The summed E-state index contributed by atoms with van der Waals surface area (Å²) in [7, 11) is 0. The molecular weight excluding hydrogens is 283 g/mol. The van der Waals surface area contributed by atoms with Crippen LogP contribution in [0.4, 0.5) is 13.2 Å². The Morgan fingerprint density at radius 2 is 2.00 bits per heavy atom. The molecule has 2 aromatic rings. The number of nitrogens with zero attached hydrogens (tertiary/aromatic N) is 1. The van der Waals surface area contributed by atoms with E-state index in [1.807, 2.05) is 0 Å². The molecule has 0 aliphatic carbocycles. The zero-order chi connectivity index (χ0) is 15.5. The van der Waals surface area contributed by atoms with Crippen LogP contribution in [0.25, 0.3) is 11.1 Å². The number of alkyl halides is 3. The van der Waals surface area contributed by atoms with E-state index >= 15 is 0 Å². The van der Waals surface area contributed by atoms with Crippen LogP contribution in [0.2, 0.25) is 0 Å². The standard InChI is InChI=1S/C15H12F3NO2/c1-2-21-14(20)13-11(10-5-4-8-19-9-10)6-3-7-12(13)15(16,17)18/h3-9H,2H2,1H3. The van der Waals surface area contributed by atoms with Gasteiger partial charge in [0.15, 0.2) is 0 Å². The summed E-state index contributed by atoms with van der Waals surface area (Å²) in [5.74, 6) is -0.996. The Kier molecular flexibility index (Phi) is 4.26. The van der Waals surface area contributed by atoms with E-state index < -0.39 is 23.3 Å². The zero-order valence-electron chi connectivity index (χ0n) is 11.1. The van der Waals surface area contributed by atoms with Gasteiger partial charge in [-0.3, -0.25) is 4.98 Å². The van der Waals surface area contributed by atoms with Crippen molar-refractivity contribution in [2.75, 3.05) is 6.61 Å². The van der Waals surface area contributed by atoms with Gasteiger partial charge in [-0.2, -0.15) is 13.2 Å². The molecule has 0 aliphatic heterocycles. The summed E-state index contributed by atoms with van der Waals surface area (Å²) in [5.41, 5.74) is -0.926. The van der Waals surface area contributed by atoms with Gasteiger partial charge in [-0.1, -0.05) is 18.2 Å². The number of ether oxygens (including phenoxy) is 1. The molecule has 21 heavy (non-hydrogen) atoms. The SMILES string of the molecule is CCOC(=O)c1c(-c2cccnc2)cccc1C(F)(F)F. The van der Waals surface area contributed by atoms with E-state index in [1.54, 1.807) is 12.1 Å². The third-order valence-corrected chi connectivity index (χ3v) is 2.82. The molecule has 0 N–H and O–H groups in total. The van der Waals surface area contributed by atoms with Gasteiger partial charge in [0.05, 0.1) is 17.7 Å². The van der Waals surface area contributed by atoms with Crippen molar-refractivity contribution in [2.45, 2.75) is 13.1 Å². The summed E-state index contributed by atoms with van der Waals surface area (Å²) in [6.45, 7) is 1.54. The minimum atomic E-state index is -4.64. The van der Waals surface area contributed by atoms with Gasteiger partial charge in [0.1, 0.15) is 0 Å². The van der Waals surface area contributed by atoms with E-state index in [1.165, 1.54) is 31.5 Å². The van der Waals surface area contributed by atoms with Crippen LogP contribution in [0.3, 0.4) is 0 Å². The summed E-state index contributed by atoms with van der Waals surface area (Å²) in [4.78, 5) is 15.8. The minimum absolute atomic E-state index is 0.00248. The lowest BCUT2D eigenvalue weighted by molar-refractivity contribution is -0.138. The number of hydrogen-bond acceptors (Lipinski definition) is 3. The van der Waals surface area contributed by atoms with Gasteiger partial charge in [-0.15, -0.1) is 0 Å². The summed E-state index contributed by atoms with van der Waals surface area (Å²) in [6, 6.07) is 6.74. The van der Waals surface area contributed by atoms with E-state index in [0.717, 1.165) is 6.07 Å². The summed E-state index contributed by atoms with van der Waals surface area (Å²) < 4.78 is 44.1. The van der Waals surface area contributed by atoms with Gasteiger partial charge >= 0.3 is 12.1 Å². The Hall–Kier alpha value is -2.37. The van der Waals surface area contributed by atoms with Gasteiger partial charge in [0, 0.05) is 18.0 Å². The number of rotatable bonds is 3. The first kappa shape index (κ1) is 15.0. The summed E-state index contributed by atoms with van der Waals surface area (Å²) in [5, 5.41) is 0. The smallest absolute Gasteiger partial charge is 0.417 e. The van der Waals surface area contributed by atoms with Crippen molar-refractivity contribution in [1.29, 1.82) is 0 Å². The number of carbonyl (C=O) groups excluding carboxylic acids is 1. The van der Waals surface area contributed by atoms with Gasteiger partial charge in [0.2, 0.25) is 0 Å². The molecule has 0 bridgehead atoms. The van der Waals surface area contributed by atoms with Crippen molar-refractivity contribution in [3.63, 3.8) is 0 Å². The van der Waals surface area contributed by atoms with E-state index in [2.05, 4.69) is 4.98 Å². The van der Waals surface area contributed by atoms with Crippen LogP contribution in [0.1, 0.15) is 22.8 Å². The highest BCUT2D eigenvalue weighted by atomic mass is 19.4. The summed E-state index contributed by atoms with van der Waals surface area (Å²) >= 11 is 0. The molecule has 2 rings (SSSR count). The fraction of sp³-hybridized carbons (Fsp3) is 0.200. The second-order valence-corrected chi connectivity index (χ2v) is 4.19. The molecule has 1 aromatic heterocycles. The van der Waals surface area contributed by atoms with Gasteiger partial charge in [-0.05, 0) is 24.6 Å². The lowest BCUT2D eigenvalue weighted by atomic mass is 9.96. The summed E-state index contributed by atoms with van der Waals surface area (Å²) in [6.07, 6.45) is -1.74. The number of halogens is 3. The molecule has 6 heteroatoms. The molecule has 0 amide bonds. The van der Waals surface area contributed by atoms with Crippen LogP contribution < -0.4 is 0 Å². The first-order chi connectivity index (χ1) is 9.95. The molecule has 110 valence electrons. The molecule has 0 saturated heterocycles. The third-order valence-electron chi connectivity index (χ3n) is 2.82. The molecule has 1 heterocycles. The quantitative estimate of drug-likeness (QED) is 0.805. The van der Waals surface area contributed by atoms with Crippen molar-refractivity contribution in [3.05, 3.63) is 53.9 Å². The van der Waals surface area contributed by atoms with Gasteiger partial charge < -0.3 is 4.74 Å². The number of carbonyl (C=O) groups is 1. The fourth-order valence-corrected chi connectivity index (χ4v) is 1.97. The van der Waals surface area contributed by atoms with Crippen LogP contribution in [0.15, 0.2) is 42.7 Å². The predicted molar refractivity (Wildman–Crippen MR) is 70.6 cm³/mol. The van der Waals surface area contributed by atoms with Crippen molar-refractivity contribution < 1.29 is 22.7 Å². The maximum absolute atomic E-state index is 13.1. The molecule has 0 aliphatic rings. The van der Waals surface area contributed by atoms with Gasteiger partial charge in [0.25, 0.3) is 0 Å². The molecule has 0 unspecified atom stereocenters. The predicted octanol–water partition coefficient (Wildman–Crippen LogP) is 3.94. The Labute approximate surface area is 119 Å². The second-order valence-electron chi connectivity index (χ2n) is 4.19. The molecule has 0 fully saturated rings. The highest BCUT2D eigenvalue weighted by Gasteiger charge is 2.37. The molecule has 1 aromatic carbocycles. The average Bonchev–Trinajstić information content (AvgIpc) is 2.46. The van der Waals surface area contributed by atoms with Crippen LogP contribution >= 0.6 is 0 Å². The number of esters is 1. The monoisotopic (exact) mass is 295 g/mol. The van der Waals surface area contributed by atoms with E-state index in [0.29, 0.717) is 5.56 Å². The van der Waals surface area contributed by atoms with Crippen LogP contribution in [-0.2, 0) is 10.9 Å². The Balaban J connectivity index is 2.68. The molecule has 0 spiro atoms. The molecule has 0 radical (unpaired) electrons. The average molecular weight is 295 g/mol. The van der Waals surface area contributed by atoms with E-state index in [4.69, 9.17) is 4.74 Å². The lowest BCUT2D eigenvalue weighted by Crippen LogP contribution is -2.16. The molecular formula is C15H12F3NO2. The van der Waals surface area contributed by atoms with Crippen LogP contribution in [-0.4, -0.2) is 17.6 Å². The molecule has 3 nitrogen and oxygen atoms in total. The maximum atomic E-state index is 13.1. The van der Waals surface area contributed by atoms with Crippen molar-refractivity contribution in [3.8, 4) is 11.1 Å². The van der Waals surface area contributed by atoms with Crippen molar-refractivity contribution in [1.82, 2.24) is 4.98 Å². The molecule has 0 atom stereocenters. The number of benzene rings is 1. The van der Waals surface area contributed by atoms with Crippen LogP contribution in [0.5, 0.6) is 0 Å². The largest absolute Gasteiger partial charge is 0.462 e. The number of aromatic nitrogens is 1.